The molecule has 0 aliphatic rings. The van der Waals surface area contributed by atoms with Gasteiger partial charge in [0.05, 0.1) is 5.69 Å². The third kappa shape index (κ3) is 1.68. The lowest BCUT2D eigenvalue weighted by atomic mass is 10.0. The van der Waals surface area contributed by atoms with E-state index in [1.54, 1.807) is 12.3 Å². The molecule has 1 aromatic heterocycles. The molecular weight excluding hydrogens is 213 g/mol. The van der Waals surface area contributed by atoms with Crippen LogP contribution in [0.3, 0.4) is 0 Å². The molecule has 3 rings (SSSR count). The van der Waals surface area contributed by atoms with Crippen molar-refractivity contribution in [2.75, 3.05) is 0 Å². The number of pyridine rings is 1. The van der Waals surface area contributed by atoms with Crippen molar-refractivity contribution in [3.8, 4) is 11.3 Å². The fourth-order valence-electron chi connectivity index (χ4n) is 2.02. The van der Waals surface area contributed by atoms with Crippen LogP contribution in [0.25, 0.3) is 22.0 Å². The second-order valence-corrected chi connectivity index (χ2v) is 3.86. The molecule has 2 heteroatoms. The van der Waals surface area contributed by atoms with Crippen LogP contribution in [0.5, 0.6) is 0 Å². The standard InChI is InChI=1S/C15H10FN/c16-13-9-8-11-5-1-2-6-12(11)15(13)14-7-3-4-10-17-14/h1-10H. The van der Waals surface area contributed by atoms with Crippen LogP contribution < -0.4 is 0 Å². The maximum atomic E-state index is 14.0. The third-order valence-corrected chi connectivity index (χ3v) is 2.80. The van der Waals surface area contributed by atoms with E-state index in [2.05, 4.69) is 4.98 Å². The van der Waals surface area contributed by atoms with Gasteiger partial charge in [-0.3, -0.25) is 4.98 Å². The molecule has 2 aromatic carbocycles. The number of benzene rings is 2. The molecule has 0 bridgehead atoms. The Morgan fingerprint density at radius 3 is 2.47 bits per heavy atom. The predicted molar refractivity (Wildman–Crippen MR) is 67.1 cm³/mol. The summed E-state index contributed by atoms with van der Waals surface area (Å²) in [5.74, 6) is -0.234. The molecule has 0 saturated heterocycles. The van der Waals surface area contributed by atoms with Crippen LogP contribution in [0.1, 0.15) is 0 Å². The Labute approximate surface area is 98.6 Å². The largest absolute Gasteiger partial charge is 0.256 e. The Morgan fingerprint density at radius 1 is 0.824 bits per heavy atom. The summed E-state index contributed by atoms with van der Waals surface area (Å²) in [6.07, 6.45) is 1.68. The highest BCUT2D eigenvalue weighted by molar-refractivity contribution is 5.96. The number of rotatable bonds is 1. The van der Waals surface area contributed by atoms with E-state index in [1.165, 1.54) is 6.07 Å². The van der Waals surface area contributed by atoms with Crippen molar-refractivity contribution in [1.82, 2.24) is 4.98 Å². The third-order valence-electron chi connectivity index (χ3n) is 2.80. The molecular formula is C15H10FN. The van der Waals surface area contributed by atoms with Crippen LogP contribution in [0, 0.1) is 5.82 Å². The molecule has 3 aromatic rings. The zero-order valence-electron chi connectivity index (χ0n) is 9.10. The van der Waals surface area contributed by atoms with Gasteiger partial charge >= 0.3 is 0 Å². The van der Waals surface area contributed by atoms with Crippen molar-refractivity contribution in [3.05, 3.63) is 66.6 Å². The summed E-state index contributed by atoms with van der Waals surface area (Å²) in [5, 5.41) is 1.92. The zero-order valence-corrected chi connectivity index (χ0v) is 9.10. The van der Waals surface area contributed by atoms with Gasteiger partial charge in [-0.2, -0.15) is 0 Å². The summed E-state index contributed by atoms with van der Waals surface area (Å²) < 4.78 is 14.0. The van der Waals surface area contributed by atoms with Gasteiger partial charge in [0.2, 0.25) is 0 Å². The van der Waals surface area contributed by atoms with E-state index in [0.29, 0.717) is 11.3 Å². The van der Waals surface area contributed by atoms with Crippen molar-refractivity contribution >= 4 is 10.8 Å². The Hall–Kier alpha value is -2.22. The highest BCUT2D eigenvalue weighted by Crippen LogP contribution is 2.29. The minimum absolute atomic E-state index is 0.234. The quantitative estimate of drug-likeness (QED) is 0.606. The molecule has 0 fully saturated rings. The van der Waals surface area contributed by atoms with E-state index in [-0.39, 0.29) is 5.82 Å². The van der Waals surface area contributed by atoms with Crippen molar-refractivity contribution < 1.29 is 4.39 Å². The lowest BCUT2D eigenvalue weighted by molar-refractivity contribution is 0.632. The van der Waals surface area contributed by atoms with Gasteiger partial charge in [0.25, 0.3) is 0 Å². The molecule has 1 nitrogen and oxygen atoms in total. The van der Waals surface area contributed by atoms with Crippen LogP contribution in [0.2, 0.25) is 0 Å². The summed E-state index contributed by atoms with van der Waals surface area (Å²) in [4.78, 5) is 4.22. The maximum absolute atomic E-state index is 14.0. The van der Waals surface area contributed by atoms with E-state index in [0.717, 1.165) is 10.8 Å². The minimum Gasteiger partial charge on any atom is -0.256 e. The number of halogens is 1. The van der Waals surface area contributed by atoms with Gasteiger partial charge in [0.1, 0.15) is 5.82 Å². The van der Waals surface area contributed by atoms with Crippen LogP contribution in [-0.4, -0.2) is 4.98 Å². The van der Waals surface area contributed by atoms with Crippen molar-refractivity contribution in [3.63, 3.8) is 0 Å². The monoisotopic (exact) mass is 223 g/mol. The van der Waals surface area contributed by atoms with Crippen molar-refractivity contribution in [1.29, 1.82) is 0 Å². The Balaban J connectivity index is 2.39. The fourth-order valence-corrected chi connectivity index (χ4v) is 2.02. The second-order valence-electron chi connectivity index (χ2n) is 3.86. The molecule has 0 radical (unpaired) electrons. The first-order valence-corrected chi connectivity index (χ1v) is 5.45. The van der Waals surface area contributed by atoms with Crippen LogP contribution in [0.15, 0.2) is 60.8 Å². The Kier molecular flexibility index (Phi) is 2.33. The molecule has 0 spiro atoms. The topological polar surface area (TPSA) is 12.9 Å². The lowest BCUT2D eigenvalue weighted by Crippen LogP contribution is -1.89. The molecule has 0 N–H and O–H groups in total. The van der Waals surface area contributed by atoms with Gasteiger partial charge < -0.3 is 0 Å². The predicted octanol–water partition coefficient (Wildman–Crippen LogP) is 4.04. The molecule has 0 amide bonds. The van der Waals surface area contributed by atoms with Gasteiger partial charge in [0, 0.05) is 11.8 Å². The highest BCUT2D eigenvalue weighted by Gasteiger charge is 2.09. The summed E-state index contributed by atoms with van der Waals surface area (Å²) in [6, 6.07) is 16.5. The Morgan fingerprint density at radius 2 is 1.65 bits per heavy atom. The highest BCUT2D eigenvalue weighted by atomic mass is 19.1. The van der Waals surface area contributed by atoms with Crippen molar-refractivity contribution in [2.45, 2.75) is 0 Å². The molecule has 0 aliphatic carbocycles. The van der Waals surface area contributed by atoms with E-state index in [1.807, 2.05) is 42.5 Å². The van der Waals surface area contributed by atoms with Crippen LogP contribution >= 0.6 is 0 Å². The molecule has 0 unspecified atom stereocenters. The van der Waals surface area contributed by atoms with Gasteiger partial charge in [-0.25, -0.2) is 4.39 Å². The minimum atomic E-state index is -0.234. The van der Waals surface area contributed by atoms with Crippen molar-refractivity contribution in [2.24, 2.45) is 0 Å². The number of hydrogen-bond donors (Lipinski definition) is 0. The van der Waals surface area contributed by atoms with Gasteiger partial charge in [-0.15, -0.1) is 0 Å². The maximum Gasteiger partial charge on any atom is 0.133 e. The smallest absolute Gasteiger partial charge is 0.133 e. The first-order chi connectivity index (χ1) is 8.36. The van der Waals surface area contributed by atoms with Crippen LogP contribution in [-0.2, 0) is 0 Å². The fraction of sp³-hybridized carbons (Fsp3) is 0. The molecule has 17 heavy (non-hydrogen) atoms. The molecule has 0 atom stereocenters. The molecule has 1 heterocycles. The van der Waals surface area contributed by atoms with Crippen LogP contribution in [0.4, 0.5) is 4.39 Å². The number of hydrogen-bond acceptors (Lipinski definition) is 1. The normalized spacial score (nSPS) is 10.6. The summed E-state index contributed by atoms with van der Waals surface area (Å²) >= 11 is 0. The molecule has 0 aliphatic heterocycles. The Bertz CT molecular complexity index is 662. The lowest BCUT2D eigenvalue weighted by Gasteiger charge is -2.07. The summed E-state index contributed by atoms with van der Waals surface area (Å²) in [7, 11) is 0. The van der Waals surface area contributed by atoms with E-state index in [4.69, 9.17) is 0 Å². The SMILES string of the molecule is Fc1ccc2ccccc2c1-c1ccccn1. The summed E-state index contributed by atoms with van der Waals surface area (Å²) in [5.41, 5.74) is 1.24. The number of fused-ring (bicyclic) bond motifs is 1. The number of nitrogens with zero attached hydrogens (tertiary/aromatic N) is 1. The first-order valence-electron chi connectivity index (χ1n) is 5.45. The van der Waals surface area contributed by atoms with E-state index in [9.17, 15) is 4.39 Å². The summed E-state index contributed by atoms with van der Waals surface area (Å²) in [6.45, 7) is 0. The molecule has 0 saturated carbocycles. The van der Waals surface area contributed by atoms with Gasteiger partial charge in [-0.1, -0.05) is 36.4 Å². The zero-order chi connectivity index (χ0) is 11.7. The van der Waals surface area contributed by atoms with E-state index < -0.39 is 0 Å². The first kappa shape index (κ1) is 9.97. The van der Waals surface area contributed by atoms with Gasteiger partial charge in [-0.05, 0) is 29.0 Å². The second kappa shape index (κ2) is 3.98. The average Bonchev–Trinajstić information content (AvgIpc) is 2.39. The van der Waals surface area contributed by atoms with E-state index >= 15 is 0 Å². The average molecular weight is 223 g/mol. The number of aromatic nitrogens is 1. The molecule has 82 valence electrons. The van der Waals surface area contributed by atoms with Gasteiger partial charge in [0.15, 0.2) is 0 Å².